The van der Waals surface area contributed by atoms with Crippen molar-refractivity contribution >= 4 is 0 Å². The summed E-state index contributed by atoms with van der Waals surface area (Å²) in [6.45, 7) is 5.07. The summed E-state index contributed by atoms with van der Waals surface area (Å²) in [5, 5.41) is 10.4. The van der Waals surface area contributed by atoms with Crippen molar-refractivity contribution in [2.24, 2.45) is 0 Å². The molecule has 2 N–H and O–H groups in total. The molecule has 0 aliphatic carbocycles. The van der Waals surface area contributed by atoms with Gasteiger partial charge in [0.25, 0.3) is 0 Å². The lowest BCUT2D eigenvalue weighted by Crippen LogP contribution is -3.11. The highest BCUT2D eigenvalue weighted by Gasteiger charge is 2.19. The molecule has 0 radical (unpaired) electrons. The van der Waals surface area contributed by atoms with Crippen LogP contribution in [0.3, 0.4) is 0 Å². The number of benzene rings is 1. The first-order valence-corrected chi connectivity index (χ1v) is 7.30. The van der Waals surface area contributed by atoms with E-state index in [2.05, 4.69) is 11.8 Å². The summed E-state index contributed by atoms with van der Waals surface area (Å²) in [6, 6.07) is 9.67. The molecule has 1 aliphatic heterocycles. The smallest absolute Gasteiger partial charge is 0.148 e. The van der Waals surface area contributed by atoms with Crippen molar-refractivity contribution in [3.63, 3.8) is 0 Å². The molecule has 0 aromatic heterocycles. The monoisotopic (exact) mass is 258 g/mol. The molecule has 19 heavy (non-hydrogen) atoms. The minimum Gasteiger partial charge on any atom is -0.374 e. The van der Waals surface area contributed by atoms with E-state index >= 15 is 0 Å². The van der Waals surface area contributed by atoms with E-state index in [1.165, 1.54) is 38.8 Å². The lowest BCUT2D eigenvalue weighted by atomic mass is 9.97. The Bertz CT molecular complexity index is 433. The van der Waals surface area contributed by atoms with Crippen LogP contribution >= 0.6 is 0 Å². The molecule has 0 spiro atoms. The van der Waals surface area contributed by atoms with Crippen molar-refractivity contribution in [3.8, 4) is 11.8 Å². The van der Waals surface area contributed by atoms with Crippen LogP contribution in [0.4, 0.5) is 0 Å². The van der Waals surface area contributed by atoms with Crippen LogP contribution < -0.4 is 4.90 Å². The molecule has 0 unspecified atom stereocenters. The van der Waals surface area contributed by atoms with Gasteiger partial charge in [-0.25, -0.2) is 0 Å². The SMILES string of the molecule is C[C@](O)(C#CC[NH+]1CCCCCC1)c1ccccc1. The largest absolute Gasteiger partial charge is 0.374 e. The summed E-state index contributed by atoms with van der Waals surface area (Å²) in [4.78, 5) is 1.56. The van der Waals surface area contributed by atoms with Gasteiger partial charge in [0.2, 0.25) is 0 Å². The number of nitrogens with one attached hydrogen (secondary N) is 1. The van der Waals surface area contributed by atoms with E-state index in [0.29, 0.717) is 0 Å². The standard InChI is InChI=1S/C17H23NO/c1-17(19,16-10-5-4-6-11-16)12-9-15-18-13-7-2-3-8-14-18/h4-6,10-11,19H,2-3,7-8,13-15H2,1H3/p+1/t17-/m0/s1. The van der Waals surface area contributed by atoms with Crippen LogP contribution in [0, 0.1) is 11.8 Å². The van der Waals surface area contributed by atoms with E-state index in [9.17, 15) is 5.11 Å². The fraction of sp³-hybridized carbons (Fsp3) is 0.529. The van der Waals surface area contributed by atoms with Gasteiger partial charge < -0.3 is 10.0 Å². The second kappa shape index (κ2) is 6.75. The highest BCUT2D eigenvalue weighted by Crippen LogP contribution is 2.18. The summed E-state index contributed by atoms with van der Waals surface area (Å²) < 4.78 is 0. The van der Waals surface area contributed by atoms with Crippen LogP contribution in [0.25, 0.3) is 0 Å². The van der Waals surface area contributed by atoms with Gasteiger partial charge in [-0.1, -0.05) is 36.3 Å². The zero-order chi connectivity index (χ0) is 13.6. The maximum absolute atomic E-state index is 10.4. The maximum atomic E-state index is 10.4. The number of hydrogen-bond donors (Lipinski definition) is 2. The minimum atomic E-state index is -1.04. The van der Waals surface area contributed by atoms with Crippen molar-refractivity contribution in [3.05, 3.63) is 35.9 Å². The lowest BCUT2D eigenvalue weighted by molar-refractivity contribution is -0.891. The predicted molar refractivity (Wildman–Crippen MR) is 77.8 cm³/mol. The summed E-state index contributed by atoms with van der Waals surface area (Å²) >= 11 is 0. The first-order valence-electron chi connectivity index (χ1n) is 7.30. The average Bonchev–Trinajstić information content (AvgIpc) is 2.68. The van der Waals surface area contributed by atoms with Gasteiger partial charge >= 0.3 is 0 Å². The van der Waals surface area contributed by atoms with Crippen LogP contribution in [0.15, 0.2) is 30.3 Å². The Labute approximate surface area is 116 Å². The molecule has 1 saturated heterocycles. The van der Waals surface area contributed by atoms with Crippen molar-refractivity contribution in [1.29, 1.82) is 0 Å². The van der Waals surface area contributed by atoms with Crippen molar-refractivity contribution < 1.29 is 10.0 Å². The molecule has 1 aromatic rings. The third kappa shape index (κ3) is 4.38. The number of quaternary nitrogens is 1. The first kappa shape index (κ1) is 14.1. The summed E-state index contributed by atoms with van der Waals surface area (Å²) in [6.07, 6.45) is 5.34. The maximum Gasteiger partial charge on any atom is 0.148 e. The van der Waals surface area contributed by atoms with Gasteiger partial charge in [0, 0.05) is 0 Å². The Hall–Kier alpha value is -1.30. The topological polar surface area (TPSA) is 24.7 Å². The molecule has 2 nitrogen and oxygen atoms in total. The molecule has 1 fully saturated rings. The zero-order valence-electron chi connectivity index (χ0n) is 11.8. The second-order valence-corrected chi connectivity index (χ2v) is 5.58. The van der Waals surface area contributed by atoms with E-state index in [4.69, 9.17) is 0 Å². The van der Waals surface area contributed by atoms with Crippen LogP contribution in [0.2, 0.25) is 0 Å². The molecule has 1 aromatic carbocycles. The quantitative estimate of drug-likeness (QED) is 0.769. The van der Waals surface area contributed by atoms with Gasteiger partial charge in [-0.3, -0.25) is 0 Å². The van der Waals surface area contributed by atoms with Gasteiger partial charge in [0.1, 0.15) is 12.1 Å². The average molecular weight is 258 g/mol. The first-order chi connectivity index (χ1) is 9.18. The fourth-order valence-corrected chi connectivity index (χ4v) is 2.58. The van der Waals surface area contributed by atoms with E-state index in [0.717, 1.165) is 12.1 Å². The third-order valence-corrected chi connectivity index (χ3v) is 3.82. The Kier molecular flexibility index (Phi) is 5.01. The van der Waals surface area contributed by atoms with Crippen molar-refractivity contribution in [2.75, 3.05) is 19.6 Å². The summed E-state index contributed by atoms with van der Waals surface area (Å²) in [7, 11) is 0. The zero-order valence-corrected chi connectivity index (χ0v) is 11.8. The number of likely N-dealkylation sites (tertiary alicyclic amines) is 1. The molecule has 0 bridgehead atoms. The fourth-order valence-electron chi connectivity index (χ4n) is 2.58. The predicted octanol–water partition coefficient (Wildman–Crippen LogP) is 1.36. The highest BCUT2D eigenvalue weighted by atomic mass is 16.3. The van der Waals surface area contributed by atoms with Crippen molar-refractivity contribution in [2.45, 2.75) is 38.2 Å². The van der Waals surface area contributed by atoms with E-state index in [1.54, 1.807) is 11.8 Å². The molecule has 1 atom stereocenters. The summed E-state index contributed by atoms with van der Waals surface area (Å²) in [5.41, 5.74) is -0.166. The molecule has 0 saturated carbocycles. The molecule has 1 heterocycles. The molecular formula is C17H24NO+. The molecule has 0 amide bonds. The van der Waals surface area contributed by atoms with Crippen LogP contribution in [0.5, 0.6) is 0 Å². The summed E-state index contributed by atoms with van der Waals surface area (Å²) in [5.74, 6) is 6.21. The normalized spacial score (nSPS) is 19.9. The third-order valence-electron chi connectivity index (χ3n) is 3.82. The van der Waals surface area contributed by atoms with Crippen LogP contribution in [-0.2, 0) is 5.60 Å². The highest BCUT2D eigenvalue weighted by molar-refractivity contribution is 5.30. The molecule has 2 heteroatoms. The van der Waals surface area contributed by atoms with Crippen LogP contribution in [-0.4, -0.2) is 24.7 Å². The van der Waals surface area contributed by atoms with Crippen molar-refractivity contribution in [1.82, 2.24) is 0 Å². The Morgan fingerprint density at radius 2 is 1.74 bits per heavy atom. The van der Waals surface area contributed by atoms with Gasteiger partial charge in [-0.05, 0) is 44.1 Å². The minimum absolute atomic E-state index is 0.850. The Morgan fingerprint density at radius 3 is 2.37 bits per heavy atom. The molecular weight excluding hydrogens is 234 g/mol. The van der Waals surface area contributed by atoms with Gasteiger partial charge in [0.15, 0.2) is 0 Å². The Morgan fingerprint density at radius 1 is 1.11 bits per heavy atom. The van der Waals surface area contributed by atoms with E-state index in [-0.39, 0.29) is 0 Å². The van der Waals surface area contributed by atoms with Gasteiger partial charge in [-0.15, -0.1) is 0 Å². The number of hydrogen-bond acceptors (Lipinski definition) is 1. The van der Waals surface area contributed by atoms with E-state index < -0.39 is 5.60 Å². The number of aliphatic hydroxyl groups is 1. The molecule has 1 aliphatic rings. The second-order valence-electron chi connectivity index (χ2n) is 5.58. The van der Waals surface area contributed by atoms with Crippen LogP contribution in [0.1, 0.15) is 38.2 Å². The van der Waals surface area contributed by atoms with Gasteiger partial charge in [-0.2, -0.15) is 0 Å². The van der Waals surface area contributed by atoms with Gasteiger partial charge in [0.05, 0.1) is 13.1 Å². The Balaban J connectivity index is 1.95. The van der Waals surface area contributed by atoms with E-state index in [1.807, 2.05) is 30.3 Å². The number of rotatable bonds is 2. The lowest BCUT2D eigenvalue weighted by Gasteiger charge is -2.17. The molecule has 102 valence electrons. The molecule has 2 rings (SSSR count).